The molecule has 0 bridgehead atoms. The summed E-state index contributed by atoms with van der Waals surface area (Å²) in [5.41, 5.74) is 2.72. The van der Waals surface area contributed by atoms with E-state index in [4.69, 9.17) is 0 Å². The first-order chi connectivity index (χ1) is 9.62. The third-order valence-electron chi connectivity index (χ3n) is 4.07. The molecule has 1 aromatic rings. The Bertz CT molecular complexity index is 358. The summed E-state index contributed by atoms with van der Waals surface area (Å²) in [5.74, 6) is 0.750. The zero-order valence-electron chi connectivity index (χ0n) is 13.9. The van der Waals surface area contributed by atoms with E-state index in [2.05, 4.69) is 69.1 Å². The lowest BCUT2D eigenvalue weighted by atomic mass is 10.1. The van der Waals surface area contributed by atoms with Crippen LogP contribution in [0.4, 0.5) is 5.69 Å². The number of hydrogen-bond acceptors (Lipinski definition) is 2. The molecular formula is C18H32N2. The molecule has 0 saturated heterocycles. The molecule has 1 N–H and O–H groups in total. The van der Waals surface area contributed by atoms with E-state index in [0.29, 0.717) is 6.04 Å². The van der Waals surface area contributed by atoms with Crippen LogP contribution in [0.25, 0.3) is 0 Å². The van der Waals surface area contributed by atoms with Crippen LogP contribution in [0.3, 0.4) is 0 Å². The molecule has 0 saturated carbocycles. The molecule has 2 heteroatoms. The fraction of sp³-hybridized carbons (Fsp3) is 0.667. The molecule has 0 radical (unpaired) electrons. The molecule has 2 atom stereocenters. The number of nitrogens with zero attached hydrogens (tertiary/aromatic N) is 1. The van der Waals surface area contributed by atoms with E-state index in [1.54, 1.807) is 0 Å². The van der Waals surface area contributed by atoms with Crippen molar-refractivity contribution in [3.63, 3.8) is 0 Å². The molecule has 0 fully saturated rings. The summed E-state index contributed by atoms with van der Waals surface area (Å²) in [6.07, 6.45) is 2.42. The molecule has 0 aromatic heterocycles. The minimum atomic E-state index is 0.439. The highest BCUT2D eigenvalue weighted by Crippen LogP contribution is 2.20. The van der Waals surface area contributed by atoms with Gasteiger partial charge in [-0.15, -0.1) is 0 Å². The van der Waals surface area contributed by atoms with E-state index >= 15 is 0 Å². The molecule has 0 spiro atoms. The van der Waals surface area contributed by atoms with Gasteiger partial charge in [-0.3, -0.25) is 0 Å². The van der Waals surface area contributed by atoms with Crippen LogP contribution in [-0.2, 0) is 0 Å². The summed E-state index contributed by atoms with van der Waals surface area (Å²) in [7, 11) is 0. The Hall–Kier alpha value is -1.02. The molecule has 0 amide bonds. The zero-order chi connectivity index (χ0) is 15.0. The molecule has 0 heterocycles. The normalized spacial score (nSPS) is 14.1. The van der Waals surface area contributed by atoms with Crippen LogP contribution in [0.2, 0.25) is 0 Å². The number of benzene rings is 1. The van der Waals surface area contributed by atoms with Crippen LogP contribution in [0.5, 0.6) is 0 Å². The molecule has 114 valence electrons. The maximum absolute atomic E-state index is 3.54. The van der Waals surface area contributed by atoms with Gasteiger partial charge >= 0.3 is 0 Å². The summed E-state index contributed by atoms with van der Waals surface area (Å²) >= 11 is 0. The summed E-state index contributed by atoms with van der Waals surface area (Å²) < 4.78 is 0. The van der Waals surface area contributed by atoms with Gasteiger partial charge in [0.15, 0.2) is 0 Å². The topological polar surface area (TPSA) is 15.3 Å². The van der Waals surface area contributed by atoms with Crippen molar-refractivity contribution in [2.45, 2.75) is 53.5 Å². The SMILES string of the molecule is CCCNC(C)c1ccc(N(CC)CC(C)CC)cc1. The van der Waals surface area contributed by atoms with E-state index in [9.17, 15) is 0 Å². The smallest absolute Gasteiger partial charge is 0.0366 e. The Morgan fingerprint density at radius 2 is 1.70 bits per heavy atom. The largest absolute Gasteiger partial charge is 0.372 e. The number of nitrogens with one attached hydrogen (secondary N) is 1. The average Bonchev–Trinajstić information content (AvgIpc) is 2.50. The first-order valence-corrected chi connectivity index (χ1v) is 8.20. The molecule has 1 rings (SSSR count). The van der Waals surface area contributed by atoms with Gasteiger partial charge in [0.1, 0.15) is 0 Å². The maximum Gasteiger partial charge on any atom is 0.0366 e. The highest BCUT2D eigenvalue weighted by atomic mass is 15.1. The van der Waals surface area contributed by atoms with E-state index in [1.165, 1.54) is 24.1 Å². The molecule has 0 aliphatic rings. The molecule has 1 aromatic carbocycles. The predicted molar refractivity (Wildman–Crippen MR) is 90.5 cm³/mol. The van der Waals surface area contributed by atoms with Crippen LogP contribution in [0.1, 0.15) is 59.1 Å². The molecule has 0 aliphatic heterocycles. The number of hydrogen-bond donors (Lipinski definition) is 1. The van der Waals surface area contributed by atoms with E-state index in [0.717, 1.165) is 25.6 Å². The molecular weight excluding hydrogens is 244 g/mol. The first kappa shape index (κ1) is 17.0. The van der Waals surface area contributed by atoms with Gasteiger partial charge in [0.2, 0.25) is 0 Å². The van der Waals surface area contributed by atoms with Crippen LogP contribution in [0, 0.1) is 5.92 Å². The van der Waals surface area contributed by atoms with Crippen molar-refractivity contribution >= 4 is 5.69 Å². The Morgan fingerprint density at radius 3 is 2.20 bits per heavy atom. The third-order valence-corrected chi connectivity index (χ3v) is 4.07. The van der Waals surface area contributed by atoms with Gasteiger partial charge in [-0.1, -0.05) is 39.3 Å². The molecule has 20 heavy (non-hydrogen) atoms. The minimum Gasteiger partial charge on any atom is -0.372 e. The fourth-order valence-electron chi connectivity index (χ4n) is 2.37. The van der Waals surface area contributed by atoms with Crippen LogP contribution in [-0.4, -0.2) is 19.6 Å². The molecule has 2 nitrogen and oxygen atoms in total. The monoisotopic (exact) mass is 276 g/mol. The third kappa shape index (κ3) is 5.16. The van der Waals surface area contributed by atoms with E-state index in [1.807, 2.05) is 0 Å². The summed E-state index contributed by atoms with van der Waals surface area (Å²) in [6.45, 7) is 14.6. The predicted octanol–water partition coefficient (Wildman–Crippen LogP) is 4.62. The summed E-state index contributed by atoms with van der Waals surface area (Å²) in [6, 6.07) is 9.51. The van der Waals surface area contributed by atoms with Crippen LogP contribution < -0.4 is 10.2 Å². The van der Waals surface area contributed by atoms with Gasteiger partial charge in [-0.25, -0.2) is 0 Å². The molecule has 2 unspecified atom stereocenters. The standard InChI is InChI=1S/C18H32N2/c1-6-13-19-16(5)17-9-11-18(12-10-17)20(8-3)14-15(4)7-2/h9-12,15-16,19H,6-8,13-14H2,1-5H3. The fourth-order valence-corrected chi connectivity index (χ4v) is 2.37. The van der Waals surface area contributed by atoms with Gasteiger partial charge in [0, 0.05) is 24.8 Å². The van der Waals surface area contributed by atoms with Crippen LogP contribution >= 0.6 is 0 Å². The van der Waals surface area contributed by atoms with Crippen LogP contribution in [0.15, 0.2) is 24.3 Å². The van der Waals surface area contributed by atoms with Crippen molar-refractivity contribution in [1.29, 1.82) is 0 Å². The van der Waals surface area contributed by atoms with Gasteiger partial charge in [-0.05, 0) is 50.4 Å². The molecule has 0 aliphatic carbocycles. The Balaban J connectivity index is 2.68. The second kappa shape index (κ2) is 9.02. The highest BCUT2D eigenvalue weighted by Gasteiger charge is 2.09. The Labute approximate surface area is 125 Å². The average molecular weight is 276 g/mol. The zero-order valence-corrected chi connectivity index (χ0v) is 13.9. The van der Waals surface area contributed by atoms with Gasteiger partial charge < -0.3 is 10.2 Å². The second-order valence-corrected chi connectivity index (χ2v) is 5.82. The first-order valence-electron chi connectivity index (χ1n) is 8.20. The van der Waals surface area contributed by atoms with E-state index in [-0.39, 0.29) is 0 Å². The quantitative estimate of drug-likeness (QED) is 0.708. The van der Waals surface area contributed by atoms with Crippen molar-refractivity contribution in [2.75, 3.05) is 24.5 Å². The Morgan fingerprint density at radius 1 is 1.05 bits per heavy atom. The number of anilines is 1. The van der Waals surface area contributed by atoms with Crippen molar-refractivity contribution in [3.05, 3.63) is 29.8 Å². The lowest BCUT2D eigenvalue weighted by molar-refractivity contribution is 0.547. The van der Waals surface area contributed by atoms with Gasteiger partial charge in [-0.2, -0.15) is 0 Å². The van der Waals surface area contributed by atoms with Crippen molar-refractivity contribution in [2.24, 2.45) is 5.92 Å². The highest BCUT2D eigenvalue weighted by molar-refractivity contribution is 5.48. The lowest BCUT2D eigenvalue weighted by Gasteiger charge is -2.26. The lowest BCUT2D eigenvalue weighted by Crippen LogP contribution is -2.28. The van der Waals surface area contributed by atoms with Gasteiger partial charge in [0.25, 0.3) is 0 Å². The van der Waals surface area contributed by atoms with Crippen molar-refractivity contribution in [1.82, 2.24) is 5.32 Å². The number of rotatable bonds is 9. The second-order valence-electron chi connectivity index (χ2n) is 5.82. The van der Waals surface area contributed by atoms with E-state index < -0.39 is 0 Å². The Kier molecular flexibility index (Phi) is 7.68. The summed E-state index contributed by atoms with van der Waals surface area (Å²) in [4.78, 5) is 2.47. The van der Waals surface area contributed by atoms with Gasteiger partial charge in [0.05, 0.1) is 0 Å². The van der Waals surface area contributed by atoms with Crippen molar-refractivity contribution in [3.8, 4) is 0 Å². The maximum atomic E-state index is 3.54. The van der Waals surface area contributed by atoms with Crippen molar-refractivity contribution < 1.29 is 0 Å². The minimum absolute atomic E-state index is 0.439. The summed E-state index contributed by atoms with van der Waals surface area (Å²) in [5, 5.41) is 3.54.